The molecule has 20 heavy (non-hydrogen) atoms. The van der Waals surface area contributed by atoms with Crippen molar-refractivity contribution < 1.29 is 9.90 Å². The van der Waals surface area contributed by atoms with Crippen LogP contribution >= 0.6 is 0 Å². The van der Waals surface area contributed by atoms with Crippen LogP contribution in [0.2, 0.25) is 0 Å². The van der Waals surface area contributed by atoms with E-state index in [1.54, 1.807) is 32.9 Å². The third kappa shape index (κ3) is 4.07. The van der Waals surface area contributed by atoms with Crippen molar-refractivity contribution in [3.63, 3.8) is 0 Å². The molecular formula is C16H20N2O2. The lowest BCUT2D eigenvalue weighted by molar-refractivity contribution is 0.0409. The van der Waals surface area contributed by atoms with Crippen LogP contribution in [-0.4, -0.2) is 27.6 Å². The number of amides is 1. The minimum atomic E-state index is -0.960. The number of pyridine rings is 1. The second kappa shape index (κ2) is 5.64. The van der Waals surface area contributed by atoms with Gasteiger partial charge in [0.25, 0.3) is 5.91 Å². The van der Waals surface area contributed by atoms with E-state index in [2.05, 4.69) is 22.1 Å². The van der Waals surface area contributed by atoms with Gasteiger partial charge >= 0.3 is 0 Å². The average molecular weight is 272 g/mol. The molecule has 1 aromatic heterocycles. The maximum Gasteiger partial charge on any atom is 0.253 e. The van der Waals surface area contributed by atoms with Crippen molar-refractivity contribution in [2.75, 3.05) is 0 Å². The van der Waals surface area contributed by atoms with Gasteiger partial charge in [0, 0.05) is 12.1 Å². The van der Waals surface area contributed by atoms with E-state index in [1.165, 1.54) is 19.0 Å². The Morgan fingerprint density at radius 3 is 2.70 bits per heavy atom. The Morgan fingerprint density at radius 1 is 1.50 bits per heavy atom. The Bertz CT molecular complexity index is 543. The van der Waals surface area contributed by atoms with E-state index in [4.69, 9.17) is 0 Å². The molecule has 2 N–H and O–H groups in total. The van der Waals surface area contributed by atoms with Gasteiger partial charge in [-0.3, -0.25) is 4.79 Å². The number of rotatable bonds is 3. The minimum Gasteiger partial charge on any atom is -0.388 e. The molecule has 1 aromatic rings. The van der Waals surface area contributed by atoms with Crippen molar-refractivity contribution in [1.29, 1.82) is 0 Å². The summed E-state index contributed by atoms with van der Waals surface area (Å²) >= 11 is 0. The van der Waals surface area contributed by atoms with Gasteiger partial charge < -0.3 is 10.4 Å². The summed E-state index contributed by atoms with van der Waals surface area (Å²) in [5.41, 5.74) is 0.195. The highest BCUT2D eigenvalue weighted by molar-refractivity contribution is 5.94. The maximum absolute atomic E-state index is 12.0. The first-order valence-electron chi connectivity index (χ1n) is 6.87. The first-order valence-corrected chi connectivity index (χ1v) is 6.87. The number of carbonyl (C=O) groups excluding carboxylic acids is 1. The summed E-state index contributed by atoms with van der Waals surface area (Å²) in [6, 6.07) is 3.11. The fourth-order valence-corrected chi connectivity index (χ4v) is 1.46. The largest absolute Gasteiger partial charge is 0.388 e. The molecule has 0 spiro atoms. The van der Waals surface area contributed by atoms with Crippen molar-refractivity contribution in [3.05, 3.63) is 29.6 Å². The van der Waals surface area contributed by atoms with Crippen LogP contribution < -0.4 is 5.32 Å². The molecule has 1 aliphatic rings. The third-order valence-corrected chi connectivity index (χ3v) is 3.41. The van der Waals surface area contributed by atoms with Crippen molar-refractivity contribution in [2.45, 2.75) is 45.3 Å². The molecule has 0 aromatic carbocycles. The SMILES string of the molecule is C[C@@H](NC(=O)c1ccc(C#CC2CC2)nc1)C(C)(C)O. The Labute approximate surface area is 119 Å². The standard InChI is InChI=1S/C16H20N2O2/c1-11(16(2,3)20)18-15(19)13-7-9-14(17-10-13)8-6-12-4-5-12/h7,9-12,20H,4-5H2,1-3H3,(H,18,19)/t11-/m1/s1. The summed E-state index contributed by atoms with van der Waals surface area (Å²) in [5.74, 6) is 6.43. The lowest BCUT2D eigenvalue weighted by Gasteiger charge is -2.26. The van der Waals surface area contributed by atoms with Gasteiger partial charge in [0.15, 0.2) is 0 Å². The lowest BCUT2D eigenvalue weighted by Crippen LogP contribution is -2.47. The maximum atomic E-state index is 12.0. The second-order valence-corrected chi connectivity index (χ2v) is 5.82. The van der Waals surface area contributed by atoms with Gasteiger partial charge in [-0.15, -0.1) is 0 Å². The van der Waals surface area contributed by atoms with Gasteiger partial charge in [0.2, 0.25) is 0 Å². The third-order valence-electron chi connectivity index (χ3n) is 3.41. The zero-order valence-electron chi connectivity index (χ0n) is 12.1. The Balaban J connectivity index is 1.99. The first kappa shape index (κ1) is 14.5. The number of carbonyl (C=O) groups is 1. The van der Waals surface area contributed by atoms with Gasteiger partial charge in [0.05, 0.1) is 17.2 Å². The molecule has 2 rings (SSSR count). The van der Waals surface area contributed by atoms with Crippen LogP contribution in [0.5, 0.6) is 0 Å². The summed E-state index contributed by atoms with van der Waals surface area (Å²) in [7, 11) is 0. The molecule has 0 bridgehead atoms. The predicted octanol–water partition coefficient (Wildman–Crippen LogP) is 1.73. The smallest absolute Gasteiger partial charge is 0.253 e. The molecular weight excluding hydrogens is 252 g/mol. The van der Waals surface area contributed by atoms with Crippen molar-refractivity contribution in [3.8, 4) is 11.8 Å². The number of nitrogens with one attached hydrogen (secondary N) is 1. The Kier molecular flexibility index (Phi) is 4.10. The lowest BCUT2D eigenvalue weighted by atomic mass is 10.0. The summed E-state index contributed by atoms with van der Waals surface area (Å²) < 4.78 is 0. The summed E-state index contributed by atoms with van der Waals surface area (Å²) in [6.07, 6.45) is 3.88. The average Bonchev–Trinajstić information content (AvgIpc) is 3.19. The van der Waals surface area contributed by atoms with Crippen molar-refractivity contribution in [2.24, 2.45) is 5.92 Å². The van der Waals surface area contributed by atoms with Crippen molar-refractivity contribution >= 4 is 5.91 Å². The van der Waals surface area contributed by atoms with Crippen LogP contribution in [-0.2, 0) is 0 Å². The van der Waals surface area contributed by atoms with Gasteiger partial charge in [-0.1, -0.05) is 5.92 Å². The molecule has 0 unspecified atom stereocenters. The molecule has 4 heteroatoms. The highest BCUT2D eigenvalue weighted by Crippen LogP contribution is 2.27. The number of aliphatic hydroxyl groups is 1. The normalized spacial score (nSPS) is 16.0. The molecule has 1 heterocycles. The number of hydrogen-bond acceptors (Lipinski definition) is 3. The fourth-order valence-electron chi connectivity index (χ4n) is 1.46. The van der Waals surface area contributed by atoms with E-state index in [9.17, 15) is 9.90 Å². The molecule has 1 aliphatic carbocycles. The molecule has 1 amide bonds. The number of aromatic nitrogens is 1. The highest BCUT2D eigenvalue weighted by atomic mass is 16.3. The fraction of sp³-hybridized carbons (Fsp3) is 0.500. The number of hydrogen-bond donors (Lipinski definition) is 2. The summed E-state index contributed by atoms with van der Waals surface area (Å²) in [5, 5.41) is 12.6. The van der Waals surface area contributed by atoms with Gasteiger partial charge in [-0.2, -0.15) is 0 Å². The highest BCUT2D eigenvalue weighted by Gasteiger charge is 2.24. The Morgan fingerprint density at radius 2 is 2.20 bits per heavy atom. The van der Waals surface area contributed by atoms with E-state index < -0.39 is 5.60 Å². The minimum absolute atomic E-state index is 0.242. The van der Waals surface area contributed by atoms with E-state index >= 15 is 0 Å². The van der Waals surface area contributed by atoms with E-state index in [0.29, 0.717) is 17.2 Å². The quantitative estimate of drug-likeness (QED) is 0.824. The molecule has 1 atom stereocenters. The van der Waals surface area contributed by atoms with Crippen LogP contribution in [0.4, 0.5) is 0 Å². The Hall–Kier alpha value is -1.86. The predicted molar refractivity (Wildman–Crippen MR) is 77.1 cm³/mol. The van der Waals surface area contributed by atoms with E-state index in [-0.39, 0.29) is 11.9 Å². The van der Waals surface area contributed by atoms with Crippen molar-refractivity contribution in [1.82, 2.24) is 10.3 Å². The van der Waals surface area contributed by atoms with E-state index in [0.717, 1.165) is 0 Å². The van der Waals surface area contributed by atoms with Crippen LogP contribution in [0.25, 0.3) is 0 Å². The van der Waals surface area contributed by atoms with Crippen LogP contribution in [0.3, 0.4) is 0 Å². The van der Waals surface area contributed by atoms with Crippen LogP contribution in [0, 0.1) is 17.8 Å². The molecule has 0 radical (unpaired) electrons. The van der Waals surface area contributed by atoms with Gasteiger partial charge in [0.1, 0.15) is 5.69 Å². The topological polar surface area (TPSA) is 62.2 Å². The number of nitrogens with zero attached hydrogens (tertiary/aromatic N) is 1. The monoisotopic (exact) mass is 272 g/mol. The molecule has 1 saturated carbocycles. The van der Waals surface area contributed by atoms with Crippen LogP contribution in [0.15, 0.2) is 18.3 Å². The van der Waals surface area contributed by atoms with E-state index in [1.807, 2.05) is 0 Å². The van der Waals surface area contributed by atoms with Gasteiger partial charge in [-0.05, 0) is 51.7 Å². The molecule has 106 valence electrons. The first-order chi connectivity index (χ1) is 9.36. The summed E-state index contributed by atoms with van der Waals surface area (Å²) in [6.45, 7) is 5.08. The second-order valence-electron chi connectivity index (χ2n) is 5.82. The summed E-state index contributed by atoms with van der Waals surface area (Å²) in [4.78, 5) is 16.2. The molecule has 0 aliphatic heterocycles. The zero-order chi connectivity index (χ0) is 14.8. The molecule has 1 fully saturated rings. The van der Waals surface area contributed by atoms with Crippen LogP contribution in [0.1, 0.15) is 49.7 Å². The zero-order valence-corrected chi connectivity index (χ0v) is 12.1. The van der Waals surface area contributed by atoms with Gasteiger partial charge in [-0.25, -0.2) is 4.98 Å². The molecule has 4 nitrogen and oxygen atoms in total. The molecule has 0 saturated heterocycles.